The molecule has 146 valence electrons. The Labute approximate surface area is 162 Å². The average Bonchev–Trinajstić information content (AvgIpc) is 2.71. The summed E-state index contributed by atoms with van der Waals surface area (Å²) in [5.74, 6) is -2.12. The molecule has 3 N–H and O–H groups in total. The van der Waals surface area contributed by atoms with Gasteiger partial charge in [-0.05, 0) is 17.7 Å². The Hall–Kier alpha value is -3.68. The Morgan fingerprint density at radius 3 is 2.11 bits per heavy atom. The Bertz CT molecular complexity index is 824. The van der Waals surface area contributed by atoms with Gasteiger partial charge in [-0.3, -0.25) is 30.0 Å². The number of carbonyl (C=O) groups is 4. The van der Waals surface area contributed by atoms with Crippen molar-refractivity contribution >= 4 is 23.7 Å². The predicted octanol–water partition coefficient (Wildman–Crippen LogP) is 1.26. The number of hydrazine groups is 1. The molecular weight excluding hydrogens is 362 g/mol. The van der Waals surface area contributed by atoms with Crippen LogP contribution in [0.1, 0.15) is 35.3 Å². The van der Waals surface area contributed by atoms with Crippen molar-refractivity contribution in [2.75, 3.05) is 6.61 Å². The van der Waals surface area contributed by atoms with Crippen LogP contribution in [-0.4, -0.2) is 30.3 Å². The normalized spacial score (nSPS) is 11.0. The van der Waals surface area contributed by atoms with Crippen molar-refractivity contribution in [1.29, 1.82) is 0 Å². The van der Waals surface area contributed by atoms with E-state index in [1.54, 1.807) is 54.6 Å². The van der Waals surface area contributed by atoms with Crippen molar-refractivity contribution in [2.45, 2.75) is 19.4 Å². The largest absolute Gasteiger partial charge is 0.455 e. The fourth-order valence-electron chi connectivity index (χ4n) is 2.33. The highest BCUT2D eigenvalue weighted by Crippen LogP contribution is 2.18. The summed E-state index contributed by atoms with van der Waals surface area (Å²) < 4.78 is 4.92. The van der Waals surface area contributed by atoms with Gasteiger partial charge in [0, 0.05) is 12.5 Å². The summed E-state index contributed by atoms with van der Waals surface area (Å²) in [5.41, 5.74) is 5.38. The summed E-state index contributed by atoms with van der Waals surface area (Å²) in [6.45, 7) is 0.680. The van der Waals surface area contributed by atoms with E-state index in [2.05, 4.69) is 16.2 Å². The Kier molecular flexibility index (Phi) is 7.71. The first-order chi connectivity index (χ1) is 13.5. The molecule has 8 heteroatoms. The van der Waals surface area contributed by atoms with Crippen LogP contribution < -0.4 is 16.2 Å². The standard InChI is InChI=1S/C20H21N3O5/c1-14(24)22-23-18(25)13-28-19(26)12-17(15-8-4-2-5-9-15)21-20(27)16-10-6-3-7-11-16/h2-11,17H,12-13H2,1H3,(H,21,27)(H,22,24)(H,23,25)/t17-/m1/s1. The fourth-order valence-corrected chi connectivity index (χ4v) is 2.33. The number of esters is 1. The van der Waals surface area contributed by atoms with Crippen LogP contribution in [0, 0.1) is 0 Å². The van der Waals surface area contributed by atoms with Crippen LogP contribution in [0.5, 0.6) is 0 Å². The van der Waals surface area contributed by atoms with Gasteiger partial charge in [0.1, 0.15) is 0 Å². The molecule has 0 saturated heterocycles. The summed E-state index contributed by atoms with van der Waals surface area (Å²) in [7, 11) is 0. The molecule has 2 aromatic carbocycles. The zero-order valence-corrected chi connectivity index (χ0v) is 15.3. The van der Waals surface area contributed by atoms with Crippen LogP contribution in [0.25, 0.3) is 0 Å². The van der Waals surface area contributed by atoms with E-state index in [0.29, 0.717) is 5.56 Å². The first-order valence-electron chi connectivity index (χ1n) is 8.57. The van der Waals surface area contributed by atoms with E-state index < -0.39 is 30.4 Å². The van der Waals surface area contributed by atoms with Crippen LogP contribution >= 0.6 is 0 Å². The molecule has 2 rings (SSSR count). The lowest BCUT2D eigenvalue weighted by Gasteiger charge is -2.18. The van der Waals surface area contributed by atoms with Gasteiger partial charge in [0.05, 0.1) is 12.5 Å². The van der Waals surface area contributed by atoms with E-state index in [-0.39, 0.29) is 12.3 Å². The lowest BCUT2D eigenvalue weighted by molar-refractivity contribution is -0.149. The molecule has 0 radical (unpaired) electrons. The zero-order chi connectivity index (χ0) is 20.4. The second-order valence-electron chi connectivity index (χ2n) is 5.90. The highest BCUT2D eigenvalue weighted by Gasteiger charge is 2.20. The highest BCUT2D eigenvalue weighted by molar-refractivity contribution is 5.94. The molecule has 3 amide bonds. The number of ether oxygens (including phenoxy) is 1. The van der Waals surface area contributed by atoms with Crippen LogP contribution in [0.4, 0.5) is 0 Å². The third-order valence-corrected chi connectivity index (χ3v) is 3.66. The zero-order valence-electron chi connectivity index (χ0n) is 15.3. The van der Waals surface area contributed by atoms with Gasteiger partial charge < -0.3 is 10.1 Å². The van der Waals surface area contributed by atoms with Crippen molar-refractivity contribution in [3.63, 3.8) is 0 Å². The molecule has 0 bridgehead atoms. The van der Waals surface area contributed by atoms with Gasteiger partial charge in [0.2, 0.25) is 5.91 Å². The molecule has 0 aliphatic rings. The quantitative estimate of drug-likeness (QED) is 0.492. The lowest BCUT2D eigenvalue weighted by atomic mass is 10.0. The summed E-state index contributed by atoms with van der Waals surface area (Å²) in [4.78, 5) is 46.8. The topological polar surface area (TPSA) is 114 Å². The monoisotopic (exact) mass is 383 g/mol. The molecule has 0 saturated carbocycles. The van der Waals surface area contributed by atoms with Crippen LogP contribution in [0.2, 0.25) is 0 Å². The molecule has 8 nitrogen and oxygen atoms in total. The maximum atomic E-state index is 12.5. The van der Waals surface area contributed by atoms with E-state index in [1.165, 1.54) is 6.92 Å². The first kappa shape index (κ1) is 20.6. The first-order valence-corrected chi connectivity index (χ1v) is 8.57. The van der Waals surface area contributed by atoms with Crippen LogP contribution in [0.15, 0.2) is 60.7 Å². The molecule has 0 spiro atoms. The van der Waals surface area contributed by atoms with E-state index in [0.717, 1.165) is 5.56 Å². The minimum absolute atomic E-state index is 0.157. The van der Waals surface area contributed by atoms with E-state index in [4.69, 9.17) is 4.74 Å². The molecule has 1 atom stereocenters. The number of amides is 3. The van der Waals surface area contributed by atoms with Crippen LogP contribution in [-0.2, 0) is 19.1 Å². The van der Waals surface area contributed by atoms with Crippen molar-refractivity contribution in [2.24, 2.45) is 0 Å². The maximum absolute atomic E-state index is 12.5. The number of hydrogen-bond acceptors (Lipinski definition) is 5. The molecule has 0 aliphatic heterocycles. The molecule has 2 aromatic rings. The Morgan fingerprint density at radius 1 is 0.893 bits per heavy atom. The number of rotatable bonds is 7. The van der Waals surface area contributed by atoms with Gasteiger partial charge in [-0.25, -0.2) is 0 Å². The van der Waals surface area contributed by atoms with Gasteiger partial charge in [-0.2, -0.15) is 0 Å². The Morgan fingerprint density at radius 2 is 1.50 bits per heavy atom. The molecular formula is C20H21N3O5. The molecule has 0 heterocycles. The molecule has 0 fully saturated rings. The fraction of sp³-hybridized carbons (Fsp3) is 0.200. The Balaban J connectivity index is 1.98. The van der Waals surface area contributed by atoms with Crippen molar-refractivity contribution in [3.05, 3.63) is 71.8 Å². The van der Waals surface area contributed by atoms with Gasteiger partial charge in [-0.15, -0.1) is 0 Å². The summed E-state index contributed by atoms with van der Waals surface area (Å²) in [6, 6.07) is 17.0. The summed E-state index contributed by atoms with van der Waals surface area (Å²) >= 11 is 0. The van der Waals surface area contributed by atoms with Crippen molar-refractivity contribution in [3.8, 4) is 0 Å². The van der Waals surface area contributed by atoms with E-state index in [9.17, 15) is 19.2 Å². The lowest BCUT2D eigenvalue weighted by Crippen LogP contribution is -2.42. The van der Waals surface area contributed by atoms with E-state index >= 15 is 0 Å². The van der Waals surface area contributed by atoms with Crippen LogP contribution in [0.3, 0.4) is 0 Å². The van der Waals surface area contributed by atoms with Gasteiger partial charge in [-0.1, -0.05) is 48.5 Å². The van der Waals surface area contributed by atoms with Gasteiger partial charge >= 0.3 is 5.97 Å². The number of hydrogen-bond donors (Lipinski definition) is 3. The molecule has 28 heavy (non-hydrogen) atoms. The smallest absolute Gasteiger partial charge is 0.308 e. The maximum Gasteiger partial charge on any atom is 0.308 e. The third kappa shape index (κ3) is 6.91. The number of nitrogens with one attached hydrogen (secondary N) is 3. The molecule has 0 unspecified atom stereocenters. The van der Waals surface area contributed by atoms with Crippen molar-refractivity contribution < 1.29 is 23.9 Å². The molecule has 0 aromatic heterocycles. The van der Waals surface area contributed by atoms with E-state index in [1.807, 2.05) is 6.07 Å². The average molecular weight is 383 g/mol. The SMILES string of the molecule is CC(=O)NNC(=O)COC(=O)C[C@@H](NC(=O)c1ccccc1)c1ccccc1. The second-order valence-corrected chi connectivity index (χ2v) is 5.90. The minimum Gasteiger partial charge on any atom is -0.455 e. The number of carbonyl (C=O) groups excluding carboxylic acids is 4. The second kappa shape index (κ2) is 10.5. The minimum atomic E-state index is -0.673. The summed E-state index contributed by atoms with van der Waals surface area (Å²) in [5, 5.41) is 2.81. The highest BCUT2D eigenvalue weighted by atomic mass is 16.5. The molecule has 0 aliphatic carbocycles. The van der Waals surface area contributed by atoms with Gasteiger partial charge in [0.25, 0.3) is 11.8 Å². The summed E-state index contributed by atoms with van der Waals surface area (Å²) in [6.07, 6.45) is -0.157. The third-order valence-electron chi connectivity index (χ3n) is 3.66. The van der Waals surface area contributed by atoms with Gasteiger partial charge in [0.15, 0.2) is 6.61 Å². The van der Waals surface area contributed by atoms with Crippen molar-refractivity contribution in [1.82, 2.24) is 16.2 Å². The number of benzene rings is 2. The predicted molar refractivity (Wildman–Crippen MR) is 101 cm³/mol.